The minimum atomic E-state index is -0.655. The number of aliphatic carboxylic acids is 1. The van der Waals surface area contributed by atoms with Crippen molar-refractivity contribution in [3.63, 3.8) is 0 Å². The second-order valence-electron chi connectivity index (χ2n) is 6.00. The van der Waals surface area contributed by atoms with Gasteiger partial charge in [-0.25, -0.2) is 0 Å². The Bertz CT molecular complexity index is 470. The van der Waals surface area contributed by atoms with E-state index in [1.54, 1.807) is 0 Å². The van der Waals surface area contributed by atoms with Gasteiger partial charge in [-0.1, -0.05) is 30.7 Å². The summed E-state index contributed by atoms with van der Waals surface area (Å²) < 4.78 is 0. The quantitative estimate of drug-likeness (QED) is 0.909. The lowest BCUT2D eigenvalue weighted by molar-refractivity contribution is -0.144. The van der Waals surface area contributed by atoms with E-state index in [9.17, 15) is 9.90 Å². The Kier molecular flexibility index (Phi) is 4.25. The Balaban J connectivity index is 2.09. The molecule has 0 bridgehead atoms. The molecule has 0 spiro atoms. The number of rotatable bonds is 3. The topological polar surface area (TPSA) is 40.5 Å². The standard InChI is InChI=1S/C16H23NO2/c1-11-4-5-13(3)14(6-11)9-17-8-12(2)7-15(10-17)16(18)19/h4-6,12,15H,7-10H2,1-3H3,(H,18,19). The van der Waals surface area contributed by atoms with Crippen molar-refractivity contribution in [3.05, 3.63) is 34.9 Å². The van der Waals surface area contributed by atoms with E-state index in [1.807, 2.05) is 0 Å². The predicted molar refractivity (Wildman–Crippen MR) is 76.1 cm³/mol. The molecule has 1 aromatic rings. The first-order valence-electron chi connectivity index (χ1n) is 6.97. The highest BCUT2D eigenvalue weighted by molar-refractivity contribution is 5.70. The van der Waals surface area contributed by atoms with Crippen LogP contribution >= 0.6 is 0 Å². The maximum absolute atomic E-state index is 11.2. The molecular formula is C16H23NO2. The number of piperidine rings is 1. The van der Waals surface area contributed by atoms with Crippen LogP contribution in [0.15, 0.2) is 18.2 Å². The lowest BCUT2D eigenvalue weighted by Gasteiger charge is -2.35. The zero-order valence-electron chi connectivity index (χ0n) is 12.0. The van der Waals surface area contributed by atoms with Crippen LogP contribution in [0.5, 0.6) is 0 Å². The number of carboxylic acid groups (broad SMARTS) is 1. The van der Waals surface area contributed by atoms with Gasteiger partial charge >= 0.3 is 5.97 Å². The van der Waals surface area contributed by atoms with Gasteiger partial charge in [0.05, 0.1) is 5.92 Å². The molecule has 1 aromatic carbocycles. The first-order chi connectivity index (χ1) is 8.95. The number of hydrogen-bond acceptors (Lipinski definition) is 2. The minimum Gasteiger partial charge on any atom is -0.481 e. The van der Waals surface area contributed by atoms with Crippen molar-refractivity contribution in [2.24, 2.45) is 11.8 Å². The van der Waals surface area contributed by atoms with E-state index in [4.69, 9.17) is 0 Å². The van der Waals surface area contributed by atoms with Crippen LogP contribution in [0, 0.1) is 25.7 Å². The Labute approximate surface area is 115 Å². The highest BCUT2D eigenvalue weighted by Crippen LogP contribution is 2.24. The van der Waals surface area contributed by atoms with Gasteiger partial charge in [0.2, 0.25) is 0 Å². The molecule has 1 N–H and O–H groups in total. The number of carbonyl (C=O) groups is 1. The molecule has 0 aliphatic carbocycles. The Morgan fingerprint density at radius 2 is 2.11 bits per heavy atom. The van der Waals surface area contributed by atoms with Crippen molar-refractivity contribution in [2.75, 3.05) is 13.1 Å². The molecule has 104 valence electrons. The van der Waals surface area contributed by atoms with Crippen LogP contribution in [0.2, 0.25) is 0 Å². The summed E-state index contributed by atoms with van der Waals surface area (Å²) >= 11 is 0. The molecule has 1 aliphatic rings. The molecule has 1 fully saturated rings. The summed E-state index contributed by atoms with van der Waals surface area (Å²) in [5.41, 5.74) is 3.87. The second kappa shape index (κ2) is 5.74. The highest BCUT2D eigenvalue weighted by atomic mass is 16.4. The summed E-state index contributed by atoms with van der Waals surface area (Å²) in [5, 5.41) is 9.21. The first kappa shape index (κ1) is 14.1. The van der Waals surface area contributed by atoms with Crippen molar-refractivity contribution in [2.45, 2.75) is 33.7 Å². The fourth-order valence-corrected chi connectivity index (χ4v) is 2.98. The average molecular weight is 261 g/mol. The van der Waals surface area contributed by atoms with E-state index in [-0.39, 0.29) is 5.92 Å². The van der Waals surface area contributed by atoms with Gasteiger partial charge in [-0.3, -0.25) is 9.69 Å². The van der Waals surface area contributed by atoms with Crippen LogP contribution in [0.1, 0.15) is 30.0 Å². The van der Waals surface area contributed by atoms with E-state index in [0.717, 1.165) is 19.5 Å². The average Bonchev–Trinajstić information content (AvgIpc) is 2.33. The van der Waals surface area contributed by atoms with Crippen molar-refractivity contribution >= 4 is 5.97 Å². The van der Waals surface area contributed by atoms with Crippen LogP contribution in [0.4, 0.5) is 0 Å². The summed E-state index contributed by atoms with van der Waals surface area (Å²) in [6.45, 7) is 8.90. The lowest BCUT2D eigenvalue weighted by Crippen LogP contribution is -2.42. The Morgan fingerprint density at radius 1 is 1.37 bits per heavy atom. The van der Waals surface area contributed by atoms with Crippen LogP contribution in [0.25, 0.3) is 0 Å². The smallest absolute Gasteiger partial charge is 0.307 e. The third-order valence-corrected chi connectivity index (χ3v) is 3.98. The molecular weight excluding hydrogens is 238 g/mol. The number of likely N-dealkylation sites (tertiary alicyclic amines) is 1. The van der Waals surface area contributed by atoms with Crippen molar-refractivity contribution in [1.82, 2.24) is 4.90 Å². The lowest BCUT2D eigenvalue weighted by atomic mass is 9.90. The Morgan fingerprint density at radius 3 is 2.79 bits per heavy atom. The number of hydrogen-bond donors (Lipinski definition) is 1. The number of carboxylic acids is 1. The molecule has 0 aromatic heterocycles. The second-order valence-corrected chi connectivity index (χ2v) is 6.00. The minimum absolute atomic E-state index is 0.214. The highest BCUT2D eigenvalue weighted by Gasteiger charge is 2.29. The summed E-state index contributed by atoms with van der Waals surface area (Å²) in [5.74, 6) is -0.411. The molecule has 19 heavy (non-hydrogen) atoms. The van der Waals surface area contributed by atoms with Gasteiger partial charge in [0.1, 0.15) is 0 Å². The van der Waals surface area contributed by atoms with Gasteiger partial charge in [-0.05, 0) is 37.3 Å². The van der Waals surface area contributed by atoms with Crippen molar-refractivity contribution in [1.29, 1.82) is 0 Å². The monoisotopic (exact) mass is 261 g/mol. The van der Waals surface area contributed by atoms with Gasteiger partial charge in [-0.2, -0.15) is 0 Å². The van der Waals surface area contributed by atoms with E-state index >= 15 is 0 Å². The van der Waals surface area contributed by atoms with E-state index in [2.05, 4.69) is 43.9 Å². The number of benzene rings is 1. The van der Waals surface area contributed by atoms with Crippen LogP contribution < -0.4 is 0 Å². The van der Waals surface area contributed by atoms with Gasteiger partial charge in [0.15, 0.2) is 0 Å². The SMILES string of the molecule is Cc1ccc(C)c(CN2CC(C)CC(C(=O)O)C2)c1. The number of aryl methyl sites for hydroxylation is 2. The fourth-order valence-electron chi connectivity index (χ4n) is 2.98. The van der Waals surface area contributed by atoms with E-state index in [1.165, 1.54) is 16.7 Å². The normalized spacial score (nSPS) is 24.4. The molecule has 1 aliphatic heterocycles. The van der Waals surface area contributed by atoms with Crippen LogP contribution in [0.3, 0.4) is 0 Å². The molecule has 2 atom stereocenters. The van der Waals surface area contributed by atoms with Crippen molar-refractivity contribution < 1.29 is 9.90 Å². The van der Waals surface area contributed by atoms with Crippen LogP contribution in [-0.2, 0) is 11.3 Å². The molecule has 1 saturated heterocycles. The maximum Gasteiger partial charge on any atom is 0.307 e. The Hall–Kier alpha value is -1.35. The molecule has 2 rings (SSSR count). The predicted octanol–water partition coefficient (Wildman–Crippen LogP) is 2.85. The van der Waals surface area contributed by atoms with E-state index in [0.29, 0.717) is 12.5 Å². The molecule has 2 unspecified atom stereocenters. The van der Waals surface area contributed by atoms with Gasteiger partial charge < -0.3 is 5.11 Å². The molecule has 0 radical (unpaired) electrons. The first-order valence-corrected chi connectivity index (χ1v) is 6.97. The van der Waals surface area contributed by atoms with Gasteiger partial charge in [-0.15, -0.1) is 0 Å². The zero-order valence-corrected chi connectivity index (χ0v) is 12.0. The third-order valence-electron chi connectivity index (χ3n) is 3.98. The van der Waals surface area contributed by atoms with Gasteiger partial charge in [0.25, 0.3) is 0 Å². The summed E-state index contributed by atoms with van der Waals surface area (Å²) in [7, 11) is 0. The van der Waals surface area contributed by atoms with Crippen molar-refractivity contribution in [3.8, 4) is 0 Å². The summed E-state index contributed by atoms with van der Waals surface area (Å²) in [6.07, 6.45) is 0.804. The third kappa shape index (κ3) is 3.57. The summed E-state index contributed by atoms with van der Waals surface area (Å²) in [4.78, 5) is 13.5. The van der Waals surface area contributed by atoms with E-state index < -0.39 is 5.97 Å². The largest absolute Gasteiger partial charge is 0.481 e. The molecule has 0 saturated carbocycles. The van der Waals surface area contributed by atoms with Gasteiger partial charge in [0, 0.05) is 19.6 Å². The maximum atomic E-state index is 11.2. The summed E-state index contributed by atoms with van der Waals surface area (Å²) in [6, 6.07) is 6.48. The zero-order chi connectivity index (χ0) is 14.0. The molecule has 0 amide bonds. The molecule has 3 heteroatoms. The molecule has 1 heterocycles. The molecule has 3 nitrogen and oxygen atoms in total. The fraction of sp³-hybridized carbons (Fsp3) is 0.562. The number of nitrogens with zero attached hydrogens (tertiary/aromatic N) is 1. The van der Waals surface area contributed by atoms with Crippen LogP contribution in [-0.4, -0.2) is 29.1 Å².